The molecule has 4 heteroatoms. The van der Waals surface area contributed by atoms with Gasteiger partial charge in [0.25, 0.3) is 0 Å². The molecular formula is C7H9BO2S. The molecule has 1 rings (SSSR count). The van der Waals surface area contributed by atoms with Gasteiger partial charge in [-0.2, -0.15) is 0 Å². The molecule has 0 aromatic heterocycles. The first-order chi connectivity index (χ1) is 5.33. The Morgan fingerprint density at radius 1 is 1.27 bits per heavy atom. The molecule has 0 heterocycles. The fourth-order valence-corrected chi connectivity index (χ4v) is 0.818. The van der Waals surface area contributed by atoms with Crippen LogP contribution in [0.4, 0.5) is 0 Å². The van der Waals surface area contributed by atoms with Crippen LogP contribution in [0.5, 0.6) is 5.75 Å². The van der Waals surface area contributed by atoms with Crippen molar-refractivity contribution in [3.8, 4) is 5.75 Å². The topological polar surface area (TPSA) is 18.5 Å². The number of thiol groups is 1. The zero-order valence-corrected chi connectivity index (χ0v) is 7.17. The summed E-state index contributed by atoms with van der Waals surface area (Å²) in [5, 5.41) is 0. The summed E-state index contributed by atoms with van der Waals surface area (Å²) in [6.45, 7) is 0. The molecule has 0 bridgehead atoms. The van der Waals surface area contributed by atoms with Crippen LogP contribution in [-0.2, 0) is 4.65 Å². The predicted molar refractivity (Wildman–Crippen MR) is 48.5 cm³/mol. The number of rotatable bonds is 3. The largest absolute Gasteiger partial charge is 0.539 e. The maximum atomic E-state index is 5.15. The van der Waals surface area contributed by atoms with Crippen LogP contribution in [0, 0.1) is 0 Å². The summed E-state index contributed by atoms with van der Waals surface area (Å²) in [7, 11) is 1.87. The van der Waals surface area contributed by atoms with Gasteiger partial charge in [0.15, 0.2) is 0 Å². The minimum Gasteiger partial charge on any atom is -0.539 e. The van der Waals surface area contributed by atoms with Gasteiger partial charge >= 0.3 is 7.69 Å². The van der Waals surface area contributed by atoms with E-state index >= 15 is 0 Å². The van der Waals surface area contributed by atoms with Crippen LogP contribution in [0.25, 0.3) is 0 Å². The van der Waals surface area contributed by atoms with Crippen LogP contribution >= 0.6 is 12.6 Å². The van der Waals surface area contributed by atoms with E-state index in [0.29, 0.717) is 0 Å². The van der Waals surface area contributed by atoms with E-state index in [1.54, 1.807) is 7.11 Å². The monoisotopic (exact) mass is 168 g/mol. The van der Waals surface area contributed by atoms with Crippen LogP contribution in [0.3, 0.4) is 0 Å². The lowest BCUT2D eigenvalue weighted by atomic mass is 10.3. The average Bonchev–Trinajstić information content (AvgIpc) is 2.04. The highest BCUT2D eigenvalue weighted by atomic mass is 32.1. The van der Waals surface area contributed by atoms with Crippen LogP contribution < -0.4 is 4.65 Å². The highest BCUT2D eigenvalue weighted by molar-refractivity contribution is 7.80. The van der Waals surface area contributed by atoms with Gasteiger partial charge in [-0.25, -0.2) is 0 Å². The third-order valence-electron chi connectivity index (χ3n) is 1.18. The first-order valence-electron chi connectivity index (χ1n) is 3.23. The molecule has 0 unspecified atom stereocenters. The molecule has 11 heavy (non-hydrogen) atoms. The summed E-state index contributed by atoms with van der Waals surface area (Å²) < 4.78 is 9.89. The van der Waals surface area contributed by atoms with Crippen LogP contribution in [0.1, 0.15) is 0 Å². The molecule has 0 radical (unpaired) electrons. The van der Waals surface area contributed by atoms with Crippen molar-refractivity contribution in [3.05, 3.63) is 24.3 Å². The molecule has 0 atom stereocenters. The Balaban J connectivity index is 2.52. The zero-order chi connectivity index (χ0) is 8.10. The fraction of sp³-hybridized carbons (Fsp3) is 0.143. The summed E-state index contributed by atoms with van der Waals surface area (Å²) in [6.07, 6.45) is 0. The second-order valence-corrected chi connectivity index (χ2v) is 2.56. The van der Waals surface area contributed by atoms with E-state index in [1.807, 2.05) is 24.3 Å². The van der Waals surface area contributed by atoms with Crippen molar-refractivity contribution in [2.45, 2.75) is 4.90 Å². The molecule has 0 aliphatic carbocycles. The maximum Gasteiger partial charge on any atom is 0.506 e. The van der Waals surface area contributed by atoms with Gasteiger partial charge in [0.05, 0.1) is 0 Å². The second kappa shape index (κ2) is 4.31. The zero-order valence-electron chi connectivity index (χ0n) is 6.28. The molecule has 2 nitrogen and oxygen atoms in total. The number of benzene rings is 1. The van der Waals surface area contributed by atoms with Gasteiger partial charge in [-0.15, -0.1) is 12.6 Å². The van der Waals surface area contributed by atoms with Gasteiger partial charge in [-0.1, -0.05) is 0 Å². The minimum absolute atomic E-state index is 0.284. The quantitative estimate of drug-likeness (QED) is 0.541. The molecule has 0 saturated heterocycles. The van der Waals surface area contributed by atoms with Gasteiger partial charge in [0.2, 0.25) is 0 Å². The lowest BCUT2D eigenvalue weighted by molar-refractivity contribution is 0.366. The third-order valence-corrected chi connectivity index (χ3v) is 1.48. The average molecular weight is 168 g/mol. The third kappa shape index (κ3) is 2.86. The van der Waals surface area contributed by atoms with Crippen molar-refractivity contribution < 1.29 is 9.31 Å². The highest BCUT2D eigenvalue weighted by Gasteiger charge is 1.92. The minimum atomic E-state index is 0.284. The molecule has 0 fully saturated rings. The molecule has 0 N–H and O–H groups in total. The highest BCUT2D eigenvalue weighted by Crippen LogP contribution is 2.13. The van der Waals surface area contributed by atoms with Crippen molar-refractivity contribution in [1.29, 1.82) is 0 Å². The molecular weight excluding hydrogens is 159 g/mol. The summed E-state index contributed by atoms with van der Waals surface area (Å²) >= 11 is 4.14. The Labute approximate surface area is 72.2 Å². The van der Waals surface area contributed by atoms with E-state index in [4.69, 9.17) is 9.31 Å². The smallest absolute Gasteiger partial charge is 0.506 e. The SMILES string of the molecule is COBOc1ccc(S)cc1. The molecule has 1 aromatic carbocycles. The summed E-state index contributed by atoms with van der Waals surface area (Å²) in [5.74, 6) is 0.796. The Morgan fingerprint density at radius 2 is 1.91 bits per heavy atom. The van der Waals surface area contributed by atoms with E-state index < -0.39 is 0 Å². The Morgan fingerprint density at radius 3 is 2.45 bits per heavy atom. The molecule has 0 spiro atoms. The first-order valence-corrected chi connectivity index (χ1v) is 3.68. The van der Waals surface area contributed by atoms with Gasteiger partial charge in [-0.05, 0) is 24.3 Å². The van der Waals surface area contributed by atoms with Crippen LogP contribution in [0.15, 0.2) is 29.2 Å². The molecule has 1 aromatic rings. The van der Waals surface area contributed by atoms with Crippen LogP contribution in [0.2, 0.25) is 0 Å². The van der Waals surface area contributed by atoms with E-state index in [0.717, 1.165) is 10.6 Å². The van der Waals surface area contributed by atoms with Gasteiger partial charge in [0.1, 0.15) is 5.75 Å². The van der Waals surface area contributed by atoms with Crippen molar-refractivity contribution >= 4 is 20.3 Å². The number of hydrogen-bond donors (Lipinski definition) is 1. The number of hydrogen-bond acceptors (Lipinski definition) is 3. The summed E-state index contributed by atoms with van der Waals surface area (Å²) in [6, 6.07) is 7.44. The molecule has 0 amide bonds. The van der Waals surface area contributed by atoms with Crippen molar-refractivity contribution in [2.24, 2.45) is 0 Å². The van der Waals surface area contributed by atoms with Gasteiger partial charge < -0.3 is 9.31 Å². The second-order valence-electron chi connectivity index (χ2n) is 2.04. The molecule has 58 valence electrons. The van der Waals surface area contributed by atoms with Crippen molar-refractivity contribution in [3.63, 3.8) is 0 Å². The summed E-state index contributed by atoms with van der Waals surface area (Å²) in [5.41, 5.74) is 0. The van der Waals surface area contributed by atoms with Crippen LogP contribution in [-0.4, -0.2) is 14.8 Å². The standard InChI is InChI=1S/C7H9BO2S/c1-9-8-10-6-2-4-7(11)5-3-6/h2-5,8,11H,1H3. The molecule has 0 saturated carbocycles. The van der Waals surface area contributed by atoms with E-state index in [1.165, 1.54) is 0 Å². The summed E-state index contributed by atoms with van der Waals surface area (Å²) in [4.78, 5) is 0.926. The van der Waals surface area contributed by atoms with E-state index in [-0.39, 0.29) is 7.69 Å². The maximum absolute atomic E-state index is 5.15. The lowest BCUT2D eigenvalue weighted by Crippen LogP contribution is -2.03. The van der Waals surface area contributed by atoms with E-state index in [9.17, 15) is 0 Å². The van der Waals surface area contributed by atoms with Gasteiger partial charge in [0, 0.05) is 12.0 Å². The first kappa shape index (κ1) is 8.49. The molecule has 0 aliphatic rings. The molecule has 0 aliphatic heterocycles. The van der Waals surface area contributed by atoms with Crippen molar-refractivity contribution in [2.75, 3.05) is 7.11 Å². The Kier molecular flexibility index (Phi) is 3.33. The Hall–Kier alpha value is -0.605. The van der Waals surface area contributed by atoms with Crippen molar-refractivity contribution in [1.82, 2.24) is 0 Å². The lowest BCUT2D eigenvalue weighted by Gasteiger charge is -2.02. The normalized spacial score (nSPS) is 9.27. The van der Waals surface area contributed by atoms with Gasteiger partial charge in [-0.3, -0.25) is 0 Å². The Bertz CT molecular complexity index is 212. The van der Waals surface area contributed by atoms with E-state index in [2.05, 4.69) is 12.6 Å². The fourth-order valence-electron chi connectivity index (χ4n) is 0.669. The predicted octanol–water partition coefficient (Wildman–Crippen LogP) is 1.27.